The average molecular weight is 236 g/mol. The Hall–Kier alpha value is -0.380. The molecule has 2 aliphatic rings. The maximum Gasteiger partial charge on any atom is 0.0556 e. The topological polar surface area (TPSA) is 15.3 Å². The maximum atomic E-state index is 3.81. The first-order chi connectivity index (χ1) is 7.84. The number of nitrogens with one attached hydrogen (secondary N) is 1. The van der Waals surface area contributed by atoms with Crippen molar-refractivity contribution in [3.05, 3.63) is 21.9 Å². The first-order valence-corrected chi connectivity index (χ1v) is 7.26. The van der Waals surface area contributed by atoms with Gasteiger partial charge in [0.25, 0.3) is 0 Å². The number of nitrogens with zero attached hydrogens (tertiary/aromatic N) is 1. The van der Waals surface area contributed by atoms with Crippen molar-refractivity contribution in [3.8, 4) is 0 Å². The van der Waals surface area contributed by atoms with Gasteiger partial charge >= 0.3 is 0 Å². The summed E-state index contributed by atoms with van der Waals surface area (Å²) in [7, 11) is 0. The van der Waals surface area contributed by atoms with Gasteiger partial charge in [0.1, 0.15) is 0 Å². The molecular weight excluding hydrogens is 216 g/mol. The molecule has 2 nitrogen and oxygen atoms in total. The molecule has 0 radical (unpaired) electrons. The van der Waals surface area contributed by atoms with Gasteiger partial charge in [-0.1, -0.05) is 6.92 Å². The highest BCUT2D eigenvalue weighted by molar-refractivity contribution is 7.10. The minimum atomic E-state index is 0.327. The minimum absolute atomic E-state index is 0.327. The lowest BCUT2D eigenvalue weighted by molar-refractivity contribution is 0.137. The highest BCUT2D eigenvalue weighted by Crippen LogP contribution is 2.40. The zero-order valence-corrected chi connectivity index (χ0v) is 10.8. The van der Waals surface area contributed by atoms with E-state index in [9.17, 15) is 0 Å². The summed E-state index contributed by atoms with van der Waals surface area (Å²) < 4.78 is 0. The van der Waals surface area contributed by atoms with E-state index in [0.717, 1.165) is 6.54 Å². The minimum Gasteiger partial charge on any atom is -0.306 e. The van der Waals surface area contributed by atoms with Crippen LogP contribution in [0.25, 0.3) is 0 Å². The van der Waals surface area contributed by atoms with Gasteiger partial charge in [0, 0.05) is 24.5 Å². The van der Waals surface area contributed by atoms with E-state index in [4.69, 9.17) is 0 Å². The Bertz CT molecular complexity index is 364. The molecule has 0 aliphatic carbocycles. The molecule has 1 spiro atoms. The van der Waals surface area contributed by atoms with Gasteiger partial charge in [-0.05, 0) is 42.8 Å². The lowest BCUT2D eigenvalue weighted by Crippen LogP contribution is -2.53. The second kappa shape index (κ2) is 4.13. The number of hydrogen-bond donors (Lipinski definition) is 1. The van der Waals surface area contributed by atoms with Crippen LogP contribution in [0.1, 0.15) is 30.2 Å². The van der Waals surface area contributed by atoms with Crippen molar-refractivity contribution < 1.29 is 0 Å². The van der Waals surface area contributed by atoms with E-state index in [-0.39, 0.29) is 0 Å². The molecule has 16 heavy (non-hydrogen) atoms. The van der Waals surface area contributed by atoms with Crippen LogP contribution in [0, 0.1) is 0 Å². The van der Waals surface area contributed by atoms with Crippen LogP contribution in [-0.2, 0) is 12.0 Å². The number of likely N-dealkylation sites (tertiary alicyclic amines) is 1. The second-order valence-corrected chi connectivity index (χ2v) is 5.88. The fourth-order valence-electron chi connectivity index (χ4n) is 3.12. The van der Waals surface area contributed by atoms with Crippen molar-refractivity contribution in [1.29, 1.82) is 0 Å². The molecule has 0 unspecified atom stereocenters. The fourth-order valence-corrected chi connectivity index (χ4v) is 4.32. The van der Waals surface area contributed by atoms with Crippen LogP contribution in [0.15, 0.2) is 11.4 Å². The molecule has 0 saturated carbocycles. The molecule has 1 N–H and O–H groups in total. The largest absolute Gasteiger partial charge is 0.306 e. The normalized spacial score (nSPS) is 24.6. The van der Waals surface area contributed by atoms with E-state index in [0.29, 0.717) is 5.54 Å². The summed E-state index contributed by atoms with van der Waals surface area (Å²) in [6.07, 6.45) is 3.79. The van der Waals surface area contributed by atoms with E-state index < -0.39 is 0 Å². The third-order valence-electron chi connectivity index (χ3n) is 4.20. The van der Waals surface area contributed by atoms with Gasteiger partial charge in [-0.25, -0.2) is 0 Å². The molecular formula is C13H20N2S. The number of hydrogen-bond acceptors (Lipinski definition) is 3. The van der Waals surface area contributed by atoms with Crippen LogP contribution >= 0.6 is 11.3 Å². The van der Waals surface area contributed by atoms with Crippen molar-refractivity contribution in [2.75, 3.05) is 26.2 Å². The fraction of sp³-hybridized carbons (Fsp3) is 0.692. The SMILES string of the molecule is CCN1CCC2(CC1)NCCc1ccsc12. The first kappa shape index (κ1) is 10.8. The predicted octanol–water partition coefficient (Wildman–Crippen LogP) is 2.20. The molecule has 1 aromatic rings. The summed E-state index contributed by atoms with van der Waals surface area (Å²) in [5.41, 5.74) is 1.93. The van der Waals surface area contributed by atoms with E-state index in [2.05, 4.69) is 28.6 Å². The molecule has 1 aromatic heterocycles. The average Bonchev–Trinajstić information content (AvgIpc) is 2.80. The molecule has 0 atom stereocenters. The van der Waals surface area contributed by atoms with Crippen molar-refractivity contribution >= 4 is 11.3 Å². The molecule has 2 aliphatic heterocycles. The number of thiophene rings is 1. The lowest BCUT2D eigenvalue weighted by Gasteiger charge is -2.44. The van der Waals surface area contributed by atoms with Gasteiger partial charge in [0.15, 0.2) is 0 Å². The van der Waals surface area contributed by atoms with Crippen molar-refractivity contribution in [2.45, 2.75) is 31.7 Å². The predicted molar refractivity (Wildman–Crippen MR) is 69.1 cm³/mol. The Morgan fingerprint density at radius 1 is 1.44 bits per heavy atom. The summed E-state index contributed by atoms with van der Waals surface area (Å²) in [6, 6.07) is 2.33. The number of fused-ring (bicyclic) bond motifs is 2. The Balaban J connectivity index is 1.86. The second-order valence-electron chi connectivity index (χ2n) is 4.97. The molecule has 3 rings (SSSR count). The van der Waals surface area contributed by atoms with Crippen molar-refractivity contribution in [2.24, 2.45) is 0 Å². The van der Waals surface area contributed by atoms with Gasteiger partial charge in [0.2, 0.25) is 0 Å². The molecule has 0 bridgehead atoms. The zero-order valence-electron chi connectivity index (χ0n) is 9.96. The van der Waals surface area contributed by atoms with Gasteiger partial charge in [-0.2, -0.15) is 0 Å². The van der Waals surface area contributed by atoms with E-state index in [1.165, 1.54) is 38.9 Å². The molecule has 3 heterocycles. The van der Waals surface area contributed by atoms with E-state index in [1.807, 2.05) is 11.3 Å². The summed E-state index contributed by atoms with van der Waals surface area (Å²) in [4.78, 5) is 4.20. The molecule has 0 amide bonds. The van der Waals surface area contributed by atoms with Crippen molar-refractivity contribution in [1.82, 2.24) is 10.2 Å². The molecule has 88 valence electrons. The summed E-state index contributed by atoms with van der Waals surface area (Å²) in [5.74, 6) is 0. The van der Waals surface area contributed by atoms with Crippen LogP contribution in [-0.4, -0.2) is 31.1 Å². The van der Waals surface area contributed by atoms with Gasteiger partial charge in [-0.3, -0.25) is 0 Å². The Morgan fingerprint density at radius 3 is 3.00 bits per heavy atom. The number of rotatable bonds is 1. The Labute approximate surface area is 102 Å². The van der Waals surface area contributed by atoms with Gasteiger partial charge in [-0.15, -0.1) is 11.3 Å². The van der Waals surface area contributed by atoms with Crippen LogP contribution in [0.2, 0.25) is 0 Å². The third kappa shape index (κ3) is 1.62. The van der Waals surface area contributed by atoms with Gasteiger partial charge < -0.3 is 10.2 Å². The van der Waals surface area contributed by atoms with Crippen LogP contribution < -0.4 is 5.32 Å². The van der Waals surface area contributed by atoms with Crippen LogP contribution in [0.4, 0.5) is 0 Å². The van der Waals surface area contributed by atoms with E-state index in [1.54, 1.807) is 10.4 Å². The lowest BCUT2D eigenvalue weighted by atomic mass is 9.81. The summed E-state index contributed by atoms with van der Waals surface area (Å²) >= 11 is 1.96. The third-order valence-corrected chi connectivity index (χ3v) is 5.36. The van der Waals surface area contributed by atoms with Crippen LogP contribution in [0.3, 0.4) is 0 Å². The Morgan fingerprint density at radius 2 is 2.25 bits per heavy atom. The molecule has 0 aromatic carbocycles. The zero-order chi connectivity index (χ0) is 11.0. The Kier molecular flexibility index (Phi) is 2.78. The van der Waals surface area contributed by atoms with Crippen molar-refractivity contribution in [3.63, 3.8) is 0 Å². The molecule has 3 heteroatoms. The summed E-state index contributed by atoms with van der Waals surface area (Å²) in [6.45, 7) is 7.13. The number of piperidine rings is 1. The summed E-state index contributed by atoms with van der Waals surface area (Å²) in [5, 5.41) is 6.07. The maximum absolute atomic E-state index is 3.81. The van der Waals surface area contributed by atoms with Gasteiger partial charge in [0.05, 0.1) is 5.54 Å². The molecule has 1 saturated heterocycles. The highest BCUT2D eigenvalue weighted by Gasteiger charge is 2.39. The first-order valence-electron chi connectivity index (χ1n) is 6.38. The standard InChI is InChI=1S/C13H20N2S/c1-2-15-8-5-13(6-9-15)12-11(3-7-14-13)4-10-16-12/h4,10,14H,2-3,5-9H2,1H3. The highest BCUT2D eigenvalue weighted by atomic mass is 32.1. The quantitative estimate of drug-likeness (QED) is 0.804. The smallest absolute Gasteiger partial charge is 0.0556 e. The molecule has 1 fully saturated rings. The monoisotopic (exact) mass is 236 g/mol. The van der Waals surface area contributed by atoms with E-state index >= 15 is 0 Å². The van der Waals surface area contributed by atoms with Crippen LogP contribution in [0.5, 0.6) is 0 Å².